The van der Waals surface area contributed by atoms with Crippen LogP contribution >= 0.6 is 0 Å². The second kappa shape index (κ2) is 5.46. The van der Waals surface area contributed by atoms with E-state index in [0.29, 0.717) is 13.1 Å². The molecule has 2 heterocycles. The van der Waals surface area contributed by atoms with Crippen molar-refractivity contribution >= 4 is 22.8 Å². The number of carbonyl (C=O) groups is 2. The molecule has 1 amide bonds. The van der Waals surface area contributed by atoms with Crippen molar-refractivity contribution in [3.8, 4) is 0 Å². The zero-order chi connectivity index (χ0) is 15.9. The zero-order valence-electron chi connectivity index (χ0n) is 12.7. The summed E-state index contributed by atoms with van der Waals surface area (Å²) in [5.41, 5.74) is 2.27. The number of hydrogen-bond donors (Lipinski definition) is 1. The number of carboxylic acid groups (broad SMARTS) is 1. The summed E-state index contributed by atoms with van der Waals surface area (Å²) < 4.78 is 1.68. The molecule has 1 aromatic carbocycles. The molecule has 1 saturated heterocycles. The molecule has 116 valence electrons. The van der Waals surface area contributed by atoms with Crippen LogP contribution in [0.5, 0.6) is 0 Å². The van der Waals surface area contributed by atoms with Gasteiger partial charge in [-0.2, -0.15) is 0 Å². The molecule has 0 bridgehead atoms. The fraction of sp³-hybridized carbons (Fsp3) is 0.375. The summed E-state index contributed by atoms with van der Waals surface area (Å²) in [6.45, 7) is 2.74. The van der Waals surface area contributed by atoms with Gasteiger partial charge in [0.25, 0.3) is 0 Å². The molecule has 1 aliphatic rings. The number of carbonyl (C=O) groups excluding carboxylic acids is 1. The van der Waals surface area contributed by atoms with Crippen molar-refractivity contribution in [2.24, 2.45) is 7.05 Å². The van der Waals surface area contributed by atoms with Gasteiger partial charge in [-0.1, -0.05) is 6.07 Å². The highest BCUT2D eigenvalue weighted by Crippen LogP contribution is 2.21. The molecule has 0 saturated carbocycles. The maximum Gasteiger partial charge on any atom is 0.352 e. The Morgan fingerprint density at radius 1 is 1.23 bits per heavy atom. The first-order valence-electron chi connectivity index (χ1n) is 7.23. The van der Waals surface area contributed by atoms with E-state index in [4.69, 9.17) is 0 Å². The predicted molar refractivity (Wildman–Crippen MR) is 82.8 cm³/mol. The summed E-state index contributed by atoms with van der Waals surface area (Å²) in [4.78, 5) is 26.8. The van der Waals surface area contributed by atoms with Gasteiger partial charge in [-0.25, -0.2) is 4.79 Å². The number of aromatic nitrogens is 1. The monoisotopic (exact) mass is 301 g/mol. The van der Waals surface area contributed by atoms with Crippen molar-refractivity contribution in [3.63, 3.8) is 0 Å². The van der Waals surface area contributed by atoms with Gasteiger partial charge < -0.3 is 14.6 Å². The summed E-state index contributed by atoms with van der Waals surface area (Å²) >= 11 is 0. The van der Waals surface area contributed by atoms with Gasteiger partial charge in [-0.3, -0.25) is 9.69 Å². The lowest BCUT2D eigenvalue weighted by atomic mass is 10.1. The van der Waals surface area contributed by atoms with E-state index >= 15 is 0 Å². The van der Waals surface area contributed by atoms with Crippen LogP contribution in [0, 0.1) is 0 Å². The Labute approximate surface area is 128 Å². The van der Waals surface area contributed by atoms with E-state index in [0.717, 1.165) is 29.6 Å². The second-order valence-corrected chi connectivity index (χ2v) is 5.81. The summed E-state index contributed by atoms with van der Waals surface area (Å²) in [6.07, 6.45) is 0. The lowest BCUT2D eigenvalue weighted by Crippen LogP contribution is -2.47. The van der Waals surface area contributed by atoms with Crippen LogP contribution in [0.4, 0.5) is 0 Å². The second-order valence-electron chi connectivity index (χ2n) is 5.81. The van der Waals surface area contributed by atoms with Crippen molar-refractivity contribution < 1.29 is 14.7 Å². The number of rotatable bonds is 3. The molecule has 22 heavy (non-hydrogen) atoms. The molecular weight excluding hydrogens is 282 g/mol. The SMILES string of the molecule is CN1CCN(Cc2ccc3c(c2)cc(C(=O)O)n3C)CC1=O. The van der Waals surface area contributed by atoms with Gasteiger partial charge in [0.2, 0.25) is 5.91 Å². The van der Waals surface area contributed by atoms with Gasteiger partial charge in [0.15, 0.2) is 0 Å². The van der Waals surface area contributed by atoms with E-state index in [9.17, 15) is 14.7 Å². The highest BCUT2D eigenvalue weighted by atomic mass is 16.4. The lowest BCUT2D eigenvalue weighted by molar-refractivity contribution is -0.134. The van der Waals surface area contributed by atoms with E-state index in [1.165, 1.54) is 0 Å². The Bertz CT molecular complexity index is 750. The zero-order valence-corrected chi connectivity index (χ0v) is 12.7. The molecular formula is C16H19N3O3. The fourth-order valence-electron chi connectivity index (χ4n) is 2.90. The van der Waals surface area contributed by atoms with E-state index in [2.05, 4.69) is 4.90 Å². The third-order valence-electron chi connectivity index (χ3n) is 4.27. The number of nitrogens with zero attached hydrogens (tertiary/aromatic N) is 3. The molecule has 0 atom stereocenters. The molecule has 0 aliphatic carbocycles. The van der Waals surface area contributed by atoms with Crippen molar-refractivity contribution in [2.45, 2.75) is 6.54 Å². The average Bonchev–Trinajstić information content (AvgIpc) is 2.80. The Kier molecular flexibility index (Phi) is 3.62. The average molecular weight is 301 g/mol. The highest BCUT2D eigenvalue weighted by Gasteiger charge is 2.21. The Morgan fingerprint density at radius 3 is 2.68 bits per heavy atom. The molecule has 1 fully saturated rings. The van der Waals surface area contributed by atoms with Crippen molar-refractivity contribution in [3.05, 3.63) is 35.5 Å². The van der Waals surface area contributed by atoms with Gasteiger partial charge in [-0.05, 0) is 23.8 Å². The van der Waals surface area contributed by atoms with E-state index in [-0.39, 0.29) is 11.6 Å². The van der Waals surface area contributed by atoms with Gasteiger partial charge in [0.05, 0.1) is 6.54 Å². The van der Waals surface area contributed by atoms with Crippen molar-refractivity contribution in [1.82, 2.24) is 14.4 Å². The predicted octanol–water partition coefficient (Wildman–Crippen LogP) is 1.15. The summed E-state index contributed by atoms with van der Waals surface area (Å²) in [5.74, 6) is -0.787. The Morgan fingerprint density at radius 2 is 2.00 bits per heavy atom. The quantitative estimate of drug-likeness (QED) is 0.923. The van der Waals surface area contributed by atoms with Crippen LogP contribution in [0.3, 0.4) is 0 Å². The third kappa shape index (κ3) is 2.57. The first-order valence-corrected chi connectivity index (χ1v) is 7.23. The van der Waals surface area contributed by atoms with Gasteiger partial charge >= 0.3 is 5.97 Å². The van der Waals surface area contributed by atoms with Crippen LogP contribution in [-0.4, -0.2) is 58.0 Å². The first-order chi connectivity index (χ1) is 10.5. The number of carboxylic acids is 1. The van der Waals surface area contributed by atoms with Crippen molar-refractivity contribution in [1.29, 1.82) is 0 Å². The number of aryl methyl sites for hydroxylation is 1. The number of aromatic carboxylic acids is 1. The van der Waals surface area contributed by atoms with Crippen LogP contribution in [0.25, 0.3) is 10.9 Å². The largest absolute Gasteiger partial charge is 0.477 e. The first kappa shape index (κ1) is 14.6. The molecule has 0 spiro atoms. The molecule has 1 aromatic heterocycles. The lowest BCUT2D eigenvalue weighted by Gasteiger charge is -2.31. The standard InChI is InChI=1S/C16H19N3O3/c1-17-5-6-19(10-15(17)20)9-11-3-4-13-12(7-11)8-14(16(21)22)18(13)2/h3-4,7-8H,5-6,9-10H2,1-2H3,(H,21,22). The summed E-state index contributed by atoms with van der Waals surface area (Å²) in [6, 6.07) is 7.63. The normalized spacial score (nSPS) is 16.5. The number of fused-ring (bicyclic) bond motifs is 1. The number of likely N-dealkylation sites (N-methyl/N-ethyl adjacent to an activating group) is 1. The summed E-state index contributed by atoms with van der Waals surface area (Å²) in [7, 11) is 3.58. The Hall–Kier alpha value is -2.34. The number of piperazine rings is 1. The van der Waals surface area contributed by atoms with E-state index in [1.54, 1.807) is 22.6 Å². The highest BCUT2D eigenvalue weighted by molar-refractivity contribution is 5.94. The minimum atomic E-state index is -0.926. The van der Waals surface area contributed by atoms with Crippen LogP contribution in [0.2, 0.25) is 0 Å². The van der Waals surface area contributed by atoms with Crippen LogP contribution in [-0.2, 0) is 18.4 Å². The minimum absolute atomic E-state index is 0.139. The van der Waals surface area contributed by atoms with Crippen molar-refractivity contribution in [2.75, 3.05) is 26.7 Å². The van der Waals surface area contributed by atoms with Crippen LogP contribution < -0.4 is 0 Å². The number of hydrogen-bond acceptors (Lipinski definition) is 3. The topological polar surface area (TPSA) is 65.8 Å². The molecule has 0 radical (unpaired) electrons. The molecule has 0 unspecified atom stereocenters. The molecule has 1 aliphatic heterocycles. The Balaban J connectivity index is 1.83. The molecule has 6 nitrogen and oxygen atoms in total. The van der Waals surface area contributed by atoms with Gasteiger partial charge in [-0.15, -0.1) is 0 Å². The molecule has 1 N–H and O–H groups in total. The fourth-order valence-corrected chi connectivity index (χ4v) is 2.90. The smallest absolute Gasteiger partial charge is 0.352 e. The van der Waals surface area contributed by atoms with Gasteiger partial charge in [0, 0.05) is 44.6 Å². The number of amides is 1. The maximum absolute atomic E-state index is 11.7. The molecule has 3 rings (SSSR count). The minimum Gasteiger partial charge on any atom is -0.477 e. The van der Waals surface area contributed by atoms with E-state index < -0.39 is 5.97 Å². The maximum atomic E-state index is 11.7. The van der Waals surface area contributed by atoms with Crippen LogP contribution in [0.1, 0.15) is 16.1 Å². The number of benzene rings is 1. The van der Waals surface area contributed by atoms with Gasteiger partial charge in [0.1, 0.15) is 5.69 Å². The molecule has 2 aromatic rings. The van der Waals surface area contributed by atoms with Crippen LogP contribution in [0.15, 0.2) is 24.3 Å². The third-order valence-corrected chi connectivity index (χ3v) is 4.27. The van der Waals surface area contributed by atoms with E-state index in [1.807, 2.05) is 25.2 Å². The molecule has 6 heteroatoms. The summed E-state index contributed by atoms with van der Waals surface area (Å²) in [5, 5.41) is 10.1.